The number of allylic oxidation sites excluding steroid dienone is 1. The number of hydrogen-bond acceptors (Lipinski definition) is 3. The largest absolute Gasteiger partial charge is 0.369 e. The maximum Gasteiger partial charge on any atom is 0.144 e. The van der Waals surface area contributed by atoms with E-state index in [2.05, 4.69) is 22.4 Å². The van der Waals surface area contributed by atoms with Crippen molar-refractivity contribution in [2.45, 2.75) is 39.5 Å². The third-order valence-electron chi connectivity index (χ3n) is 3.33. The first-order chi connectivity index (χ1) is 8.70. The van der Waals surface area contributed by atoms with E-state index < -0.39 is 0 Å². The van der Waals surface area contributed by atoms with E-state index >= 15 is 0 Å². The number of nitrogens with one attached hydrogen (secondary N) is 1. The monoisotopic (exact) mass is 241 g/mol. The topological polar surface area (TPSA) is 48.7 Å². The van der Waals surface area contributed by atoms with E-state index in [4.69, 9.17) is 5.26 Å². The van der Waals surface area contributed by atoms with Gasteiger partial charge in [0.05, 0.1) is 5.56 Å². The van der Waals surface area contributed by atoms with Crippen LogP contribution in [0.3, 0.4) is 0 Å². The molecule has 3 nitrogen and oxygen atoms in total. The van der Waals surface area contributed by atoms with Crippen LogP contribution in [0.25, 0.3) is 0 Å². The van der Waals surface area contributed by atoms with Gasteiger partial charge in [-0.3, -0.25) is 0 Å². The molecule has 1 aromatic rings. The molecule has 1 aliphatic rings. The summed E-state index contributed by atoms with van der Waals surface area (Å²) in [4.78, 5) is 4.42. The third kappa shape index (κ3) is 2.89. The summed E-state index contributed by atoms with van der Waals surface area (Å²) in [5, 5.41) is 12.5. The molecule has 1 heterocycles. The zero-order chi connectivity index (χ0) is 13.0. The summed E-state index contributed by atoms with van der Waals surface area (Å²) in [5.41, 5.74) is 4.15. The molecular formula is C15H19N3. The first kappa shape index (κ1) is 12.6. The minimum absolute atomic E-state index is 0.668. The minimum Gasteiger partial charge on any atom is -0.369 e. The lowest BCUT2D eigenvalue weighted by Gasteiger charge is -2.10. The van der Waals surface area contributed by atoms with Gasteiger partial charge in [0.2, 0.25) is 0 Å². The fourth-order valence-corrected chi connectivity index (χ4v) is 2.41. The number of anilines is 1. The summed E-state index contributed by atoms with van der Waals surface area (Å²) in [6, 6.07) is 4.18. The van der Waals surface area contributed by atoms with Crippen LogP contribution in [0.2, 0.25) is 0 Å². The van der Waals surface area contributed by atoms with Crippen molar-refractivity contribution in [2.75, 3.05) is 11.9 Å². The van der Waals surface area contributed by atoms with Crippen molar-refractivity contribution in [1.29, 1.82) is 5.26 Å². The molecule has 0 saturated carbocycles. The number of aryl methyl sites for hydroxylation is 2. The Kier molecular flexibility index (Phi) is 3.99. The van der Waals surface area contributed by atoms with Crippen LogP contribution in [-0.2, 0) is 0 Å². The Hall–Kier alpha value is -1.82. The van der Waals surface area contributed by atoms with Crippen molar-refractivity contribution < 1.29 is 0 Å². The number of pyridine rings is 1. The lowest BCUT2D eigenvalue weighted by atomic mass is 10.1. The van der Waals surface area contributed by atoms with Crippen molar-refractivity contribution in [3.8, 4) is 6.07 Å². The predicted octanol–water partition coefficient (Wildman–Crippen LogP) is 3.48. The van der Waals surface area contributed by atoms with E-state index in [0.717, 1.165) is 30.0 Å². The first-order valence-electron chi connectivity index (χ1n) is 6.51. The molecule has 1 N–H and O–H groups in total. The van der Waals surface area contributed by atoms with Crippen LogP contribution >= 0.6 is 0 Å². The van der Waals surface area contributed by atoms with Crippen molar-refractivity contribution in [3.63, 3.8) is 0 Å². The molecule has 2 rings (SSSR count). The quantitative estimate of drug-likeness (QED) is 0.821. The first-order valence-corrected chi connectivity index (χ1v) is 6.51. The second-order valence-corrected chi connectivity index (χ2v) is 4.85. The average molecular weight is 241 g/mol. The second kappa shape index (κ2) is 5.68. The number of nitrogens with zero attached hydrogens (tertiary/aromatic N) is 2. The molecular weight excluding hydrogens is 222 g/mol. The molecule has 18 heavy (non-hydrogen) atoms. The van der Waals surface area contributed by atoms with Gasteiger partial charge in [-0.05, 0) is 51.2 Å². The molecule has 0 amide bonds. The second-order valence-electron chi connectivity index (χ2n) is 4.85. The van der Waals surface area contributed by atoms with Crippen molar-refractivity contribution in [2.24, 2.45) is 0 Å². The molecule has 0 aliphatic heterocycles. The summed E-state index contributed by atoms with van der Waals surface area (Å²) in [5.74, 6) is 0.730. The summed E-state index contributed by atoms with van der Waals surface area (Å²) in [7, 11) is 0. The van der Waals surface area contributed by atoms with Crippen LogP contribution in [0.15, 0.2) is 17.7 Å². The zero-order valence-corrected chi connectivity index (χ0v) is 11.1. The van der Waals surface area contributed by atoms with E-state index in [1.165, 1.54) is 24.8 Å². The van der Waals surface area contributed by atoms with Gasteiger partial charge >= 0.3 is 0 Å². The number of rotatable bonds is 4. The maximum atomic E-state index is 9.16. The van der Waals surface area contributed by atoms with Crippen LogP contribution in [0.4, 0.5) is 5.82 Å². The molecule has 0 aromatic carbocycles. The fourth-order valence-electron chi connectivity index (χ4n) is 2.41. The van der Waals surface area contributed by atoms with Gasteiger partial charge in [-0.2, -0.15) is 5.26 Å². The molecule has 3 heteroatoms. The molecule has 1 aliphatic carbocycles. The molecule has 0 spiro atoms. The molecule has 0 unspecified atom stereocenters. The highest BCUT2D eigenvalue weighted by Gasteiger charge is 2.09. The molecule has 0 fully saturated rings. The normalized spacial score (nSPS) is 14.2. The van der Waals surface area contributed by atoms with E-state index in [0.29, 0.717) is 5.56 Å². The van der Waals surface area contributed by atoms with E-state index in [1.807, 2.05) is 19.9 Å². The van der Waals surface area contributed by atoms with E-state index in [1.54, 1.807) is 0 Å². The van der Waals surface area contributed by atoms with Gasteiger partial charge in [0.1, 0.15) is 11.9 Å². The smallest absolute Gasteiger partial charge is 0.144 e. The summed E-state index contributed by atoms with van der Waals surface area (Å²) >= 11 is 0. The van der Waals surface area contributed by atoms with Crippen LogP contribution in [0, 0.1) is 25.2 Å². The van der Waals surface area contributed by atoms with E-state index in [-0.39, 0.29) is 0 Å². The number of nitriles is 1. The van der Waals surface area contributed by atoms with Crippen LogP contribution in [-0.4, -0.2) is 11.5 Å². The Morgan fingerprint density at radius 3 is 2.94 bits per heavy atom. The van der Waals surface area contributed by atoms with Crippen LogP contribution in [0.5, 0.6) is 0 Å². The Labute approximate surface area is 109 Å². The van der Waals surface area contributed by atoms with Gasteiger partial charge in [-0.15, -0.1) is 0 Å². The molecule has 0 atom stereocenters. The maximum absolute atomic E-state index is 9.16. The lowest BCUT2D eigenvalue weighted by molar-refractivity contribution is 0.861. The van der Waals surface area contributed by atoms with Gasteiger partial charge in [-0.1, -0.05) is 11.6 Å². The molecule has 0 bridgehead atoms. The molecule has 94 valence electrons. The molecule has 0 radical (unpaired) electrons. The van der Waals surface area contributed by atoms with Crippen molar-refractivity contribution in [1.82, 2.24) is 4.98 Å². The van der Waals surface area contributed by atoms with Gasteiger partial charge in [0, 0.05) is 12.2 Å². The highest BCUT2D eigenvalue weighted by Crippen LogP contribution is 2.21. The van der Waals surface area contributed by atoms with Crippen molar-refractivity contribution >= 4 is 5.82 Å². The van der Waals surface area contributed by atoms with Gasteiger partial charge in [-0.25, -0.2) is 4.98 Å². The molecule has 0 saturated heterocycles. The zero-order valence-electron chi connectivity index (χ0n) is 11.1. The van der Waals surface area contributed by atoms with Crippen LogP contribution in [0.1, 0.15) is 42.5 Å². The van der Waals surface area contributed by atoms with Crippen LogP contribution < -0.4 is 5.32 Å². The van der Waals surface area contributed by atoms with Gasteiger partial charge in [0.25, 0.3) is 0 Å². The SMILES string of the molecule is Cc1cc(C)c(C#N)c(NCCC2=CCCC2)n1. The minimum atomic E-state index is 0.668. The Balaban J connectivity index is 2.02. The highest BCUT2D eigenvalue weighted by molar-refractivity contribution is 5.56. The predicted molar refractivity (Wildman–Crippen MR) is 73.5 cm³/mol. The fraction of sp³-hybridized carbons (Fsp3) is 0.467. The average Bonchev–Trinajstić information content (AvgIpc) is 2.81. The highest BCUT2D eigenvalue weighted by atomic mass is 15.0. The van der Waals surface area contributed by atoms with Crippen molar-refractivity contribution in [3.05, 3.63) is 34.5 Å². The Bertz CT molecular complexity index is 509. The van der Waals surface area contributed by atoms with Gasteiger partial charge in [0.15, 0.2) is 0 Å². The van der Waals surface area contributed by atoms with E-state index in [9.17, 15) is 0 Å². The summed E-state index contributed by atoms with van der Waals surface area (Å²) < 4.78 is 0. The Morgan fingerprint density at radius 1 is 1.44 bits per heavy atom. The Morgan fingerprint density at radius 2 is 2.28 bits per heavy atom. The van der Waals surface area contributed by atoms with Gasteiger partial charge < -0.3 is 5.32 Å². The third-order valence-corrected chi connectivity index (χ3v) is 3.33. The number of hydrogen-bond donors (Lipinski definition) is 1. The number of aromatic nitrogens is 1. The summed E-state index contributed by atoms with van der Waals surface area (Å²) in [6.07, 6.45) is 7.13. The summed E-state index contributed by atoms with van der Waals surface area (Å²) in [6.45, 7) is 4.77. The standard InChI is InChI=1S/C15H19N3/c1-11-9-12(2)18-15(14(11)10-16)17-8-7-13-5-3-4-6-13/h5,9H,3-4,6-8H2,1-2H3,(H,17,18). The lowest BCUT2D eigenvalue weighted by Crippen LogP contribution is -2.07. The molecule has 1 aromatic heterocycles.